The highest BCUT2D eigenvalue weighted by Crippen LogP contribution is 2.19. The Balaban J connectivity index is 1.34. The van der Waals surface area contributed by atoms with Gasteiger partial charge in [-0.2, -0.15) is 0 Å². The average molecular weight is 476 g/mol. The Morgan fingerprint density at radius 3 is 2.38 bits per heavy atom. The van der Waals surface area contributed by atoms with Crippen LogP contribution in [0.1, 0.15) is 47.2 Å². The molecule has 1 fully saturated rings. The Morgan fingerprint density at radius 1 is 0.971 bits per heavy atom. The molecule has 0 unspecified atom stereocenters. The van der Waals surface area contributed by atoms with Crippen LogP contribution in [-0.4, -0.2) is 42.3 Å². The van der Waals surface area contributed by atoms with Crippen LogP contribution < -0.4 is 10.6 Å². The van der Waals surface area contributed by atoms with E-state index in [9.17, 15) is 27.6 Å². The first-order valence-electron chi connectivity index (χ1n) is 11.3. The van der Waals surface area contributed by atoms with E-state index >= 15 is 0 Å². The molecule has 0 saturated carbocycles. The first-order valence-corrected chi connectivity index (χ1v) is 11.3. The molecule has 182 valence electrons. The van der Waals surface area contributed by atoms with E-state index in [0.29, 0.717) is 49.5 Å². The third-order valence-corrected chi connectivity index (χ3v) is 5.95. The summed E-state index contributed by atoms with van der Waals surface area (Å²) < 4.78 is 40.2. The van der Waals surface area contributed by atoms with Crippen LogP contribution in [-0.2, 0) is 16.1 Å². The highest BCUT2D eigenvalue weighted by Gasteiger charge is 2.27. The van der Waals surface area contributed by atoms with E-state index in [1.165, 1.54) is 6.07 Å². The number of aryl methyl sites for hydroxylation is 1. The fraction of sp³-hybridized carbons (Fsp3) is 0.400. The van der Waals surface area contributed by atoms with Crippen molar-refractivity contribution < 1.29 is 27.6 Å². The van der Waals surface area contributed by atoms with Gasteiger partial charge >= 0.3 is 0 Å². The van der Waals surface area contributed by atoms with Crippen molar-refractivity contribution >= 4 is 17.7 Å². The first-order chi connectivity index (χ1) is 16.2. The third kappa shape index (κ3) is 6.82. The van der Waals surface area contributed by atoms with Crippen molar-refractivity contribution in [2.24, 2.45) is 5.92 Å². The number of nitrogens with zero attached hydrogens (tertiary/aromatic N) is 1. The van der Waals surface area contributed by atoms with E-state index < -0.39 is 17.5 Å². The minimum Gasteiger partial charge on any atom is -0.352 e. The van der Waals surface area contributed by atoms with Crippen molar-refractivity contribution in [1.82, 2.24) is 15.5 Å². The second kappa shape index (κ2) is 11.7. The van der Waals surface area contributed by atoms with Gasteiger partial charge in [0.15, 0.2) is 0 Å². The van der Waals surface area contributed by atoms with E-state index in [1.807, 2.05) is 0 Å². The van der Waals surface area contributed by atoms with Crippen molar-refractivity contribution in [3.8, 4) is 0 Å². The molecule has 3 rings (SSSR count). The molecule has 2 aromatic carbocycles. The van der Waals surface area contributed by atoms with Gasteiger partial charge < -0.3 is 15.5 Å². The van der Waals surface area contributed by atoms with Crippen molar-refractivity contribution in [2.75, 3.05) is 19.6 Å². The van der Waals surface area contributed by atoms with E-state index in [-0.39, 0.29) is 48.6 Å². The molecule has 0 aromatic heterocycles. The molecule has 1 aliphatic rings. The van der Waals surface area contributed by atoms with Gasteiger partial charge in [0, 0.05) is 44.6 Å². The summed E-state index contributed by atoms with van der Waals surface area (Å²) in [5, 5.41) is 5.36. The van der Waals surface area contributed by atoms with E-state index in [2.05, 4.69) is 10.6 Å². The van der Waals surface area contributed by atoms with Gasteiger partial charge in [0.05, 0.1) is 5.56 Å². The number of likely N-dealkylation sites (tertiary alicyclic amines) is 1. The molecule has 0 atom stereocenters. The molecule has 34 heavy (non-hydrogen) atoms. The fourth-order valence-electron chi connectivity index (χ4n) is 3.84. The van der Waals surface area contributed by atoms with Crippen molar-refractivity contribution in [3.05, 3.63) is 70.5 Å². The fourth-order valence-corrected chi connectivity index (χ4v) is 3.84. The van der Waals surface area contributed by atoms with Crippen LogP contribution in [0.4, 0.5) is 13.2 Å². The largest absolute Gasteiger partial charge is 0.352 e. The summed E-state index contributed by atoms with van der Waals surface area (Å²) in [5.41, 5.74) is 0.996. The number of benzene rings is 2. The van der Waals surface area contributed by atoms with Gasteiger partial charge in [-0.3, -0.25) is 14.4 Å². The Hall–Kier alpha value is -3.36. The number of carbonyl (C=O) groups excluding carboxylic acids is 3. The highest BCUT2D eigenvalue weighted by molar-refractivity contribution is 5.94. The zero-order chi connectivity index (χ0) is 24.7. The summed E-state index contributed by atoms with van der Waals surface area (Å²) >= 11 is 0. The molecule has 0 radical (unpaired) electrons. The minimum absolute atomic E-state index is 0.0730. The monoisotopic (exact) mass is 475 g/mol. The van der Waals surface area contributed by atoms with Gasteiger partial charge in [-0.25, -0.2) is 13.2 Å². The van der Waals surface area contributed by atoms with Gasteiger partial charge in [-0.05, 0) is 55.5 Å². The third-order valence-electron chi connectivity index (χ3n) is 5.95. The number of amides is 3. The molecule has 1 heterocycles. The number of hydrogen-bond donors (Lipinski definition) is 2. The normalized spacial score (nSPS) is 14.1. The summed E-state index contributed by atoms with van der Waals surface area (Å²) in [7, 11) is 0. The lowest BCUT2D eigenvalue weighted by Gasteiger charge is -2.31. The topological polar surface area (TPSA) is 78.5 Å². The summed E-state index contributed by atoms with van der Waals surface area (Å²) in [6.45, 7) is 3.03. The predicted octanol–water partition coefficient (Wildman–Crippen LogP) is 3.48. The molecule has 0 aliphatic carbocycles. The predicted molar refractivity (Wildman–Crippen MR) is 120 cm³/mol. The van der Waals surface area contributed by atoms with Gasteiger partial charge in [0.1, 0.15) is 17.5 Å². The molecule has 3 amide bonds. The Kier molecular flexibility index (Phi) is 8.67. The molecule has 6 nitrogen and oxygen atoms in total. The number of halogens is 3. The summed E-state index contributed by atoms with van der Waals surface area (Å²) in [4.78, 5) is 38.5. The second-order valence-corrected chi connectivity index (χ2v) is 8.44. The quantitative estimate of drug-likeness (QED) is 0.574. The van der Waals surface area contributed by atoms with Crippen LogP contribution in [0.15, 0.2) is 36.4 Å². The SMILES string of the molecule is Cc1ccc(CNC(=O)C2CCN(C(=O)CCCNC(=O)c3ccc(F)cc3F)CC2)cc1F. The lowest BCUT2D eigenvalue weighted by molar-refractivity contribution is -0.135. The molecule has 0 spiro atoms. The maximum Gasteiger partial charge on any atom is 0.254 e. The molecule has 2 aromatic rings. The van der Waals surface area contributed by atoms with Crippen LogP contribution in [0.2, 0.25) is 0 Å². The van der Waals surface area contributed by atoms with Crippen molar-refractivity contribution in [2.45, 2.75) is 39.2 Å². The van der Waals surface area contributed by atoms with Crippen LogP contribution in [0, 0.1) is 30.3 Å². The smallest absolute Gasteiger partial charge is 0.254 e. The lowest BCUT2D eigenvalue weighted by atomic mass is 9.95. The number of rotatable bonds is 8. The number of carbonyl (C=O) groups is 3. The zero-order valence-corrected chi connectivity index (χ0v) is 19.0. The summed E-state index contributed by atoms with van der Waals surface area (Å²) in [6, 6.07) is 7.59. The van der Waals surface area contributed by atoms with Gasteiger partial charge in [0.25, 0.3) is 5.91 Å². The van der Waals surface area contributed by atoms with Gasteiger partial charge in [0.2, 0.25) is 11.8 Å². The minimum atomic E-state index is -0.938. The maximum absolute atomic E-state index is 13.6. The molecular weight excluding hydrogens is 447 g/mol. The maximum atomic E-state index is 13.6. The van der Waals surface area contributed by atoms with Gasteiger partial charge in [-0.1, -0.05) is 12.1 Å². The Morgan fingerprint density at radius 2 is 1.71 bits per heavy atom. The standard InChI is InChI=1S/C25H28F3N3O3/c1-16-4-5-17(13-21(16)27)15-30-24(33)18-8-11-31(12-9-18)23(32)3-2-10-29-25(34)20-7-6-19(26)14-22(20)28/h4-7,13-14,18H,2-3,8-12,15H2,1H3,(H,29,34)(H,30,33). The van der Waals surface area contributed by atoms with Crippen LogP contribution in [0.25, 0.3) is 0 Å². The molecule has 0 bridgehead atoms. The van der Waals surface area contributed by atoms with E-state index in [4.69, 9.17) is 0 Å². The van der Waals surface area contributed by atoms with Crippen LogP contribution >= 0.6 is 0 Å². The molecule has 2 N–H and O–H groups in total. The molecule has 9 heteroatoms. The van der Waals surface area contributed by atoms with Crippen molar-refractivity contribution in [3.63, 3.8) is 0 Å². The van der Waals surface area contributed by atoms with E-state index in [0.717, 1.165) is 12.1 Å². The summed E-state index contributed by atoms with van der Waals surface area (Å²) in [5.74, 6) is -3.05. The van der Waals surface area contributed by atoms with Crippen LogP contribution in [0.5, 0.6) is 0 Å². The average Bonchev–Trinajstić information content (AvgIpc) is 2.82. The van der Waals surface area contributed by atoms with Gasteiger partial charge in [-0.15, -0.1) is 0 Å². The first kappa shape index (κ1) is 25.3. The second-order valence-electron chi connectivity index (χ2n) is 8.44. The number of piperidine rings is 1. The summed E-state index contributed by atoms with van der Waals surface area (Å²) in [6.07, 6.45) is 1.67. The Labute approximate surface area is 196 Å². The lowest BCUT2D eigenvalue weighted by Crippen LogP contribution is -2.43. The molecular formula is C25H28F3N3O3. The highest BCUT2D eigenvalue weighted by atomic mass is 19.1. The molecule has 1 saturated heterocycles. The number of nitrogens with one attached hydrogen (secondary N) is 2. The number of hydrogen-bond acceptors (Lipinski definition) is 3. The van der Waals surface area contributed by atoms with Crippen molar-refractivity contribution in [1.29, 1.82) is 0 Å². The van der Waals surface area contributed by atoms with Crippen LogP contribution in [0.3, 0.4) is 0 Å². The molecule has 1 aliphatic heterocycles. The zero-order valence-electron chi connectivity index (χ0n) is 19.0. The van der Waals surface area contributed by atoms with E-state index in [1.54, 1.807) is 24.0 Å². The Bertz CT molecular complexity index is 1050.